The SMILES string of the molecule is CCCCCCCC(=O)Nc1ccc(S(=O)(=O)N2CCOCC2)cc1. The van der Waals surface area contributed by atoms with Gasteiger partial charge in [-0.25, -0.2) is 8.42 Å². The van der Waals surface area contributed by atoms with Crippen LogP contribution in [-0.2, 0) is 19.6 Å². The van der Waals surface area contributed by atoms with Gasteiger partial charge in [-0.05, 0) is 30.7 Å². The predicted octanol–water partition coefficient (Wildman–Crippen LogP) is 3.01. The number of unbranched alkanes of at least 4 members (excludes halogenated alkanes) is 4. The second-order valence-corrected chi connectivity index (χ2v) is 8.19. The first-order chi connectivity index (χ1) is 12.0. The lowest BCUT2D eigenvalue weighted by Gasteiger charge is -2.26. The normalized spacial score (nSPS) is 15.9. The number of hydrogen-bond donors (Lipinski definition) is 1. The molecule has 1 heterocycles. The van der Waals surface area contributed by atoms with Crippen LogP contribution in [-0.4, -0.2) is 44.9 Å². The number of carbonyl (C=O) groups excluding carboxylic acids is 1. The quantitative estimate of drug-likeness (QED) is 0.680. The Morgan fingerprint density at radius 3 is 2.36 bits per heavy atom. The highest BCUT2D eigenvalue weighted by molar-refractivity contribution is 7.89. The molecule has 1 amide bonds. The van der Waals surface area contributed by atoms with Crippen LogP contribution >= 0.6 is 0 Å². The lowest BCUT2D eigenvalue weighted by atomic mass is 10.1. The smallest absolute Gasteiger partial charge is 0.243 e. The fourth-order valence-electron chi connectivity index (χ4n) is 2.76. The van der Waals surface area contributed by atoms with E-state index < -0.39 is 10.0 Å². The summed E-state index contributed by atoms with van der Waals surface area (Å²) in [5.41, 5.74) is 0.625. The molecule has 1 saturated heterocycles. The van der Waals surface area contributed by atoms with E-state index >= 15 is 0 Å². The summed E-state index contributed by atoms with van der Waals surface area (Å²) in [5.74, 6) is -0.0275. The topological polar surface area (TPSA) is 75.7 Å². The molecule has 7 heteroatoms. The van der Waals surface area contributed by atoms with Crippen molar-refractivity contribution in [3.8, 4) is 0 Å². The van der Waals surface area contributed by atoms with Gasteiger partial charge < -0.3 is 10.1 Å². The number of nitrogens with zero attached hydrogens (tertiary/aromatic N) is 1. The van der Waals surface area contributed by atoms with Gasteiger partial charge in [-0.15, -0.1) is 0 Å². The van der Waals surface area contributed by atoms with Gasteiger partial charge in [0, 0.05) is 25.2 Å². The molecule has 1 aliphatic heterocycles. The van der Waals surface area contributed by atoms with Gasteiger partial charge in [0.2, 0.25) is 15.9 Å². The van der Waals surface area contributed by atoms with Gasteiger partial charge in [0.1, 0.15) is 0 Å². The van der Waals surface area contributed by atoms with Crippen molar-refractivity contribution < 1.29 is 17.9 Å². The third-order valence-electron chi connectivity index (χ3n) is 4.25. The van der Waals surface area contributed by atoms with Gasteiger partial charge in [-0.1, -0.05) is 32.6 Å². The lowest BCUT2D eigenvalue weighted by Crippen LogP contribution is -2.40. The molecule has 0 spiro atoms. The highest BCUT2D eigenvalue weighted by atomic mass is 32.2. The summed E-state index contributed by atoms with van der Waals surface area (Å²) in [7, 11) is -3.49. The van der Waals surface area contributed by atoms with Crippen molar-refractivity contribution in [2.24, 2.45) is 0 Å². The summed E-state index contributed by atoms with van der Waals surface area (Å²) < 4.78 is 31.7. The fraction of sp³-hybridized carbons (Fsp3) is 0.611. The number of benzene rings is 1. The molecular formula is C18H28N2O4S. The van der Waals surface area contributed by atoms with Crippen molar-refractivity contribution >= 4 is 21.6 Å². The maximum absolute atomic E-state index is 12.5. The Balaban J connectivity index is 1.85. The van der Waals surface area contributed by atoms with Crippen molar-refractivity contribution in [2.45, 2.75) is 50.3 Å². The van der Waals surface area contributed by atoms with Crippen LogP contribution in [0.3, 0.4) is 0 Å². The number of nitrogens with one attached hydrogen (secondary N) is 1. The summed E-state index contributed by atoms with van der Waals surface area (Å²) in [5, 5.41) is 2.82. The molecule has 6 nitrogen and oxygen atoms in total. The summed E-state index contributed by atoms with van der Waals surface area (Å²) in [4.78, 5) is 12.2. The molecule has 0 aliphatic carbocycles. The lowest BCUT2D eigenvalue weighted by molar-refractivity contribution is -0.116. The molecular weight excluding hydrogens is 340 g/mol. The standard InChI is InChI=1S/C18H28N2O4S/c1-2-3-4-5-6-7-18(21)19-16-8-10-17(11-9-16)25(22,23)20-12-14-24-15-13-20/h8-11H,2-7,12-15H2,1H3,(H,19,21). The van der Waals surface area contributed by atoms with E-state index in [0.29, 0.717) is 38.4 Å². The molecule has 0 bridgehead atoms. The van der Waals surface area contributed by atoms with Crippen molar-refractivity contribution in [2.75, 3.05) is 31.6 Å². The molecule has 0 saturated carbocycles. The molecule has 1 aromatic carbocycles. The van der Waals surface area contributed by atoms with Crippen LogP contribution in [0.2, 0.25) is 0 Å². The fourth-order valence-corrected chi connectivity index (χ4v) is 4.17. The van der Waals surface area contributed by atoms with Crippen molar-refractivity contribution in [1.82, 2.24) is 4.31 Å². The van der Waals surface area contributed by atoms with E-state index in [-0.39, 0.29) is 10.8 Å². The first-order valence-electron chi connectivity index (χ1n) is 9.02. The van der Waals surface area contributed by atoms with E-state index in [9.17, 15) is 13.2 Å². The summed E-state index contributed by atoms with van der Waals surface area (Å²) >= 11 is 0. The molecule has 25 heavy (non-hydrogen) atoms. The first kappa shape index (κ1) is 19.9. The Bertz CT molecular complexity index is 638. The monoisotopic (exact) mass is 368 g/mol. The van der Waals surface area contributed by atoms with Crippen LogP contribution in [0.5, 0.6) is 0 Å². The Hall–Kier alpha value is -1.44. The van der Waals surface area contributed by atoms with Gasteiger partial charge in [0.25, 0.3) is 0 Å². The average Bonchev–Trinajstić information content (AvgIpc) is 2.63. The van der Waals surface area contributed by atoms with Gasteiger partial charge in [0.05, 0.1) is 18.1 Å². The van der Waals surface area contributed by atoms with E-state index in [2.05, 4.69) is 12.2 Å². The number of rotatable bonds is 9. The molecule has 0 unspecified atom stereocenters. The van der Waals surface area contributed by atoms with Crippen molar-refractivity contribution in [1.29, 1.82) is 0 Å². The predicted molar refractivity (Wildman–Crippen MR) is 98.0 cm³/mol. The van der Waals surface area contributed by atoms with Gasteiger partial charge in [-0.2, -0.15) is 4.31 Å². The Labute approximate surface area is 150 Å². The summed E-state index contributed by atoms with van der Waals surface area (Å²) in [6, 6.07) is 6.37. The molecule has 140 valence electrons. The number of anilines is 1. The third-order valence-corrected chi connectivity index (χ3v) is 6.17. The maximum Gasteiger partial charge on any atom is 0.243 e. The van der Waals surface area contributed by atoms with Crippen LogP contribution < -0.4 is 5.32 Å². The zero-order valence-corrected chi connectivity index (χ0v) is 15.7. The molecule has 1 N–H and O–H groups in total. The number of carbonyl (C=O) groups is 1. The zero-order chi connectivity index (χ0) is 18.1. The van der Waals surface area contributed by atoms with Crippen LogP contribution in [0, 0.1) is 0 Å². The summed E-state index contributed by atoms with van der Waals surface area (Å²) in [6.45, 7) is 3.75. The van der Waals surface area contributed by atoms with Crippen LogP contribution in [0.15, 0.2) is 29.2 Å². The molecule has 1 fully saturated rings. The van der Waals surface area contributed by atoms with Crippen LogP contribution in [0.1, 0.15) is 45.4 Å². The Morgan fingerprint density at radius 1 is 1.08 bits per heavy atom. The molecule has 0 radical (unpaired) electrons. The Morgan fingerprint density at radius 2 is 1.72 bits per heavy atom. The van der Waals surface area contributed by atoms with Gasteiger partial charge in [0.15, 0.2) is 0 Å². The van der Waals surface area contributed by atoms with Crippen LogP contribution in [0.25, 0.3) is 0 Å². The number of sulfonamides is 1. The van der Waals surface area contributed by atoms with Crippen LogP contribution in [0.4, 0.5) is 5.69 Å². The highest BCUT2D eigenvalue weighted by Crippen LogP contribution is 2.19. The van der Waals surface area contributed by atoms with Gasteiger partial charge in [-0.3, -0.25) is 4.79 Å². The molecule has 0 atom stereocenters. The second-order valence-electron chi connectivity index (χ2n) is 6.25. The largest absolute Gasteiger partial charge is 0.379 e. The molecule has 0 aromatic heterocycles. The van der Waals surface area contributed by atoms with Gasteiger partial charge >= 0.3 is 0 Å². The Kier molecular flexibility index (Phi) is 7.87. The molecule has 2 rings (SSSR count). The second kappa shape index (κ2) is 9.89. The minimum absolute atomic E-state index is 0.0275. The average molecular weight is 368 g/mol. The highest BCUT2D eigenvalue weighted by Gasteiger charge is 2.26. The molecule has 1 aromatic rings. The maximum atomic E-state index is 12.5. The van der Waals surface area contributed by atoms with E-state index in [1.165, 1.54) is 17.1 Å². The number of ether oxygens (including phenoxy) is 1. The van der Waals surface area contributed by atoms with E-state index in [1.54, 1.807) is 24.3 Å². The number of amides is 1. The van der Waals surface area contributed by atoms with Crippen molar-refractivity contribution in [3.63, 3.8) is 0 Å². The minimum Gasteiger partial charge on any atom is -0.379 e. The number of hydrogen-bond acceptors (Lipinski definition) is 4. The zero-order valence-electron chi connectivity index (χ0n) is 14.9. The minimum atomic E-state index is -3.49. The third kappa shape index (κ3) is 6.09. The van der Waals surface area contributed by atoms with Crippen molar-refractivity contribution in [3.05, 3.63) is 24.3 Å². The van der Waals surface area contributed by atoms with E-state index in [1.807, 2.05) is 0 Å². The van der Waals surface area contributed by atoms with E-state index in [4.69, 9.17) is 4.74 Å². The summed E-state index contributed by atoms with van der Waals surface area (Å²) in [6.07, 6.45) is 6.01. The first-order valence-corrected chi connectivity index (χ1v) is 10.5. The molecule has 1 aliphatic rings. The van der Waals surface area contributed by atoms with E-state index in [0.717, 1.165) is 19.3 Å². The number of morpholine rings is 1.